The highest BCUT2D eigenvalue weighted by atomic mass is 35.5. The van der Waals surface area contributed by atoms with E-state index >= 15 is 0 Å². The molecule has 0 saturated heterocycles. The smallest absolute Gasteiger partial charge is 0.241 e. The van der Waals surface area contributed by atoms with Crippen LogP contribution in [0.2, 0.25) is 0 Å². The van der Waals surface area contributed by atoms with Crippen LogP contribution in [-0.2, 0) is 10.0 Å². The average Bonchev–Trinajstić information content (AvgIpc) is 2.59. The minimum atomic E-state index is -3.58. The fraction of sp³-hybridized carbons (Fsp3) is 0.333. The molecule has 2 rings (SSSR count). The molecular formula is C18H25ClN2O2S2. The highest BCUT2D eigenvalue weighted by Crippen LogP contribution is 2.24. The van der Waals surface area contributed by atoms with Crippen molar-refractivity contribution < 1.29 is 8.42 Å². The Hall–Kier alpha value is -1.05. The van der Waals surface area contributed by atoms with Crippen molar-refractivity contribution in [3.05, 3.63) is 59.7 Å². The molecule has 0 amide bonds. The summed E-state index contributed by atoms with van der Waals surface area (Å²) in [6, 6.07) is 14.6. The Bertz CT molecular complexity index is 778. The maximum atomic E-state index is 12.5. The summed E-state index contributed by atoms with van der Waals surface area (Å²) in [6.45, 7) is 4.42. The molecule has 0 saturated carbocycles. The van der Waals surface area contributed by atoms with E-state index in [1.165, 1.54) is 17.3 Å². The van der Waals surface area contributed by atoms with Gasteiger partial charge in [0.1, 0.15) is 0 Å². The highest BCUT2D eigenvalue weighted by molar-refractivity contribution is 7.99. The van der Waals surface area contributed by atoms with E-state index in [4.69, 9.17) is 5.73 Å². The van der Waals surface area contributed by atoms with Gasteiger partial charge in [0.05, 0.1) is 4.90 Å². The summed E-state index contributed by atoms with van der Waals surface area (Å²) < 4.78 is 27.6. The molecule has 2 aromatic rings. The lowest BCUT2D eigenvalue weighted by atomic mass is 9.99. The first-order valence-electron chi connectivity index (χ1n) is 7.83. The molecule has 0 aliphatic rings. The van der Waals surface area contributed by atoms with Gasteiger partial charge in [0.15, 0.2) is 0 Å². The first-order valence-corrected chi connectivity index (χ1v) is 10.5. The molecule has 1 atom stereocenters. The third-order valence-corrected chi connectivity index (χ3v) is 6.29. The number of hydrogen-bond acceptors (Lipinski definition) is 4. The van der Waals surface area contributed by atoms with Crippen LogP contribution < -0.4 is 10.5 Å². The van der Waals surface area contributed by atoms with Crippen molar-refractivity contribution in [2.45, 2.75) is 35.6 Å². The fourth-order valence-corrected chi connectivity index (χ4v) is 4.57. The monoisotopic (exact) mass is 400 g/mol. The topological polar surface area (TPSA) is 72.2 Å². The predicted molar refractivity (Wildman–Crippen MR) is 108 cm³/mol. The lowest BCUT2D eigenvalue weighted by Gasteiger charge is -2.15. The molecule has 0 aliphatic carbocycles. The summed E-state index contributed by atoms with van der Waals surface area (Å²) >= 11 is 1.41. The molecule has 0 fully saturated rings. The number of nitrogens with one attached hydrogen (secondary N) is 1. The van der Waals surface area contributed by atoms with E-state index in [2.05, 4.69) is 18.6 Å². The van der Waals surface area contributed by atoms with Crippen LogP contribution >= 0.6 is 24.2 Å². The summed E-state index contributed by atoms with van der Waals surface area (Å²) in [5.74, 6) is 0.455. The van der Waals surface area contributed by atoms with Crippen molar-refractivity contribution in [1.82, 2.24) is 4.72 Å². The number of thioether (sulfide) groups is 1. The number of halogens is 1. The van der Waals surface area contributed by atoms with Gasteiger partial charge in [0.25, 0.3) is 0 Å². The van der Waals surface area contributed by atoms with Gasteiger partial charge < -0.3 is 5.73 Å². The summed E-state index contributed by atoms with van der Waals surface area (Å²) in [6.07, 6.45) is 1.86. The third-order valence-electron chi connectivity index (χ3n) is 3.88. The Morgan fingerprint density at radius 3 is 2.16 bits per heavy atom. The minimum Gasteiger partial charge on any atom is -0.323 e. The van der Waals surface area contributed by atoms with Crippen LogP contribution in [0.4, 0.5) is 0 Å². The number of sulfonamides is 1. The zero-order valence-electron chi connectivity index (χ0n) is 14.6. The number of benzene rings is 2. The zero-order chi connectivity index (χ0) is 17.7. The van der Waals surface area contributed by atoms with Gasteiger partial charge in [0.2, 0.25) is 10.0 Å². The summed E-state index contributed by atoms with van der Waals surface area (Å²) in [5.41, 5.74) is 8.30. The number of hydrogen-bond donors (Lipinski definition) is 2. The molecule has 2 aromatic carbocycles. The standard InChI is InChI=1S/C18H24N2O2S2.ClH/c1-13(2)14-8-10-15(11-9-14)16(19)12-20-24(21,22)18-7-5-4-6-17(18)23-3;/h4-11,13,16,20H,12,19H2,1-3H3;1H. The molecular weight excluding hydrogens is 376 g/mol. The number of rotatable bonds is 7. The van der Waals surface area contributed by atoms with E-state index in [1.54, 1.807) is 18.2 Å². The molecule has 0 radical (unpaired) electrons. The van der Waals surface area contributed by atoms with E-state index in [1.807, 2.05) is 36.6 Å². The third kappa shape index (κ3) is 5.72. The molecule has 0 bridgehead atoms. The lowest BCUT2D eigenvalue weighted by Crippen LogP contribution is -2.32. The second-order valence-electron chi connectivity index (χ2n) is 5.93. The Morgan fingerprint density at radius 1 is 1.04 bits per heavy atom. The van der Waals surface area contributed by atoms with Crippen LogP contribution in [-0.4, -0.2) is 21.2 Å². The largest absolute Gasteiger partial charge is 0.323 e. The summed E-state index contributed by atoms with van der Waals surface area (Å²) in [7, 11) is -3.58. The molecule has 7 heteroatoms. The van der Waals surface area contributed by atoms with Crippen molar-refractivity contribution in [1.29, 1.82) is 0 Å². The maximum Gasteiger partial charge on any atom is 0.241 e. The first-order chi connectivity index (χ1) is 11.3. The van der Waals surface area contributed by atoms with E-state index in [0.717, 1.165) is 10.5 Å². The normalized spacial score (nSPS) is 12.7. The molecule has 1 unspecified atom stereocenters. The summed E-state index contributed by atoms with van der Waals surface area (Å²) in [5, 5.41) is 0. The molecule has 0 aliphatic heterocycles. The summed E-state index contributed by atoms with van der Waals surface area (Å²) in [4.78, 5) is 1.01. The van der Waals surface area contributed by atoms with Crippen molar-refractivity contribution >= 4 is 34.2 Å². The Morgan fingerprint density at radius 2 is 1.60 bits per heavy atom. The van der Waals surface area contributed by atoms with Gasteiger partial charge in [-0.2, -0.15) is 0 Å². The molecule has 0 heterocycles. The van der Waals surface area contributed by atoms with Crippen molar-refractivity contribution in [2.75, 3.05) is 12.8 Å². The van der Waals surface area contributed by atoms with E-state index in [9.17, 15) is 8.42 Å². The van der Waals surface area contributed by atoms with Crippen LogP contribution in [0.15, 0.2) is 58.3 Å². The SMILES string of the molecule is CSc1ccccc1S(=O)(=O)NCC(N)c1ccc(C(C)C)cc1.Cl. The molecule has 138 valence electrons. The molecule has 3 N–H and O–H groups in total. The predicted octanol–water partition coefficient (Wildman–Crippen LogP) is 3.93. The first kappa shape index (κ1) is 22.0. The van der Waals surface area contributed by atoms with Gasteiger partial charge >= 0.3 is 0 Å². The van der Waals surface area contributed by atoms with Crippen molar-refractivity contribution in [3.63, 3.8) is 0 Å². The maximum absolute atomic E-state index is 12.5. The van der Waals surface area contributed by atoms with Crippen LogP contribution in [0.3, 0.4) is 0 Å². The Kier molecular flexibility index (Phi) is 8.44. The van der Waals surface area contributed by atoms with Crippen LogP contribution in [0.1, 0.15) is 36.9 Å². The van der Waals surface area contributed by atoms with Gasteiger partial charge in [-0.15, -0.1) is 24.2 Å². The minimum absolute atomic E-state index is 0. The average molecular weight is 401 g/mol. The second kappa shape index (κ2) is 9.59. The molecule has 25 heavy (non-hydrogen) atoms. The molecule has 0 aromatic heterocycles. The van der Waals surface area contributed by atoms with Gasteiger partial charge in [-0.1, -0.05) is 50.2 Å². The quantitative estimate of drug-likeness (QED) is 0.690. The highest BCUT2D eigenvalue weighted by Gasteiger charge is 2.19. The van der Waals surface area contributed by atoms with Gasteiger partial charge in [-0.05, 0) is 35.4 Å². The van der Waals surface area contributed by atoms with Crippen molar-refractivity contribution in [3.8, 4) is 0 Å². The van der Waals surface area contributed by atoms with Gasteiger partial charge in [-0.3, -0.25) is 0 Å². The van der Waals surface area contributed by atoms with E-state index < -0.39 is 10.0 Å². The van der Waals surface area contributed by atoms with Gasteiger partial charge in [-0.25, -0.2) is 13.1 Å². The number of nitrogens with two attached hydrogens (primary N) is 1. The lowest BCUT2D eigenvalue weighted by molar-refractivity contribution is 0.570. The van der Waals surface area contributed by atoms with Crippen LogP contribution in [0, 0.1) is 0 Å². The van der Waals surface area contributed by atoms with E-state index in [-0.39, 0.29) is 25.0 Å². The van der Waals surface area contributed by atoms with Gasteiger partial charge in [0, 0.05) is 17.5 Å². The molecule has 0 spiro atoms. The van der Waals surface area contributed by atoms with Crippen LogP contribution in [0.25, 0.3) is 0 Å². The fourth-order valence-electron chi connectivity index (χ4n) is 2.36. The van der Waals surface area contributed by atoms with E-state index in [0.29, 0.717) is 10.8 Å². The van der Waals surface area contributed by atoms with Crippen molar-refractivity contribution in [2.24, 2.45) is 5.73 Å². The Balaban J connectivity index is 0.00000312. The molecule has 4 nitrogen and oxygen atoms in total. The Labute approximate surface area is 161 Å². The second-order valence-corrected chi connectivity index (χ2v) is 8.51. The zero-order valence-corrected chi connectivity index (χ0v) is 17.0. The van der Waals surface area contributed by atoms with Crippen LogP contribution in [0.5, 0.6) is 0 Å².